The maximum absolute atomic E-state index is 12.6. The van der Waals surface area contributed by atoms with Gasteiger partial charge < -0.3 is 9.32 Å². The lowest BCUT2D eigenvalue weighted by Gasteiger charge is -2.18. The SMILES string of the molecule is CN(Cc1ccco1)c1ccc(S(=O)(=O)Nc2ccccc2)cc1[N+](=O)[O-]. The van der Waals surface area contributed by atoms with Crippen molar-refractivity contribution in [2.24, 2.45) is 0 Å². The average Bonchev–Trinajstić information content (AvgIpc) is 3.14. The summed E-state index contributed by atoms with van der Waals surface area (Å²) in [6.07, 6.45) is 1.52. The summed E-state index contributed by atoms with van der Waals surface area (Å²) < 4.78 is 32.8. The highest BCUT2D eigenvalue weighted by Crippen LogP contribution is 2.31. The van der Waals surface area contributed by atoms with E-state index in [0.29, 0.717) is 18.0 Å². The summed E-state index contributed by atoms with van der Waals surface area (Å²) in [7, 11) is -2.29. The number of sulfonamides is 1. The predicted octanol–water partition coefficient (Wildman–Crippen LogP) is 3.63. The molecule has 0 atom stereocenters. The first-order chi connectivity index (χ1) is 12.9. The van der Waals surface area contributed by atoms with Crippen LogP contribution in [0.2, 0.25) is 0 Å². The smallest absolute Gasteiger partial charge is 0.293 e. The largest absolute Gasteiger partial charge is 0.467 e. The molecule has 1 aromatic heterocycles. The van der Waals surface area contributed by atoms with Gasteiger partial charge in [0.1, 0.15) is 11.4 Å². The van der Waals surface area contributed by atoms with Crippen molar-refractivity contribution in [2.75, 3.05) is 16.7 Å². The second-order valence-electron chi connectivity index (χ2n) is 5.81. The van der Waals surface area contributed by atoms with Crippen LogP contribution < -0.4 is 9.62 Å². The Kier molecular flexibility index (Phi) is 5.13. The minimum Gasteiger partial charge on any atom is -0.467 e. The number of nitrogens with one attached hydrogen (secondary N) is 1. The Morgan fingerprint density at radius 1 is 1.11 bits per heavy atom. The summed E-state index contributed by atoms with van der Waals surface area (Å²) in [5.41, 5.74) is 0.356. The molecule has 140 valence electrons. The molecule has 27 heavy (non-hydrogen) atoms. The van der Waals surface area contributed by atoms with Crippen LogP contribution in [0.4, 0.5) is 17.1 Å². The fourth-order valence-corrected chi connectivity index (χ4v) is 3.66. The molecule has 8 nitrogen and oxygen atoms in total. The van der Waals surface area contributed by atoms with E-state index in [4.69, 9.17) is 4.42 Å². The van der Waals surface area contributed by atoms with Crippen LogP contribution in [-0.2, 0) is 16.6 Å². The van der Waals surface area contributed by atoms with E-state index < -0.39 is 14.9 Å². The van der Waals surface area contributed by atoms with E-state index in [2.05, 4.69) is 4.72 Å². The van der Waals surface area contributed by atoms with Gasteiger partial charge in [0.25, 0.3) is 15.7 Å². The lowest BCUT2D eigenvalue weighted by Crippen LogP contribution is -2.18. The summed E-state index contributed by atoms with van der Waals surface area (Å²) in [4.78, 5) is 12.3. The number of rotatable bonds is 7. The molecule has 1 heterocycles. The number of furan rings is 1. The lowest BCUT2D eigenvalue weighted by atomic mass is 10.2. The van der Waals surface area contributed by atoms with E-state index in [0.717, 1.165) is 6.07 Å². The number of hydrogen-bond acceptors (Lipinski definition) is 6. The van der Waals surface area contributed by atoms with E-state index in [-0.39, 0.29) is 16.3 Å². The van der Waals surface area contributed by atoms with Gasteiger partial charge in [-0.3, -0.25) is 14.8 Å². The molecule has 0 fully saturated rings. The quantitative estimate of drug-likeness (QED) is 0.490. The monoisotopic (exact) mass is 387 g/mol. The predicted molar refractivity (Wildman–Crippen MR) is 101 cm³/mol. The standard InChI is InChI=1S/C18H17N3O5S/c1-20(13-15-8-5-11-26-15)17-10-9-16(12-18(17)21(22)23)27(24,25)19-14-6-3-2-4-7-14/h2-12,19H,13H2,1H3. The molecule has 0 aliphatic rings. The molecule has 1 N–H and O–H groups in total. The van der Waals surface area contributed by atoms with Crippen LogP contribution in [-0.4, -0.2) is 20.4 Å². The highest BCUT2D eigenvalue weighted by atomic mass is 32.2. The van der Waals surface area contributed by atoms with E-state index in [1.165, 1.54) is 18.4 Å². The van der Waals surface area contributed by atoms with Gasteiger partial charge >= 0.3 is 0 Å². The molecule has 0 radical (unpaired) electrons. The van der Waals surface area contributed by atoms with Crippen LogP contribution in [0, 0.1) is 10.1 Å². The number of nitro benzene ring substituents is 1. The van der Waals surface area contributed by atoms with Crippen LogP contribution in [0.15, 0.2) is 76.2 Å². The second kappa shape index (κ2) is 7.50. The molecule has 9 heteroatoms. The topological polar surface area (TPSA) is 106 Å². The zero-order chi connectivity index (χ0) is 19.4. The Balaban J connectivity index is 1.92. The van der Waals surface area contributed by atoms with Crippen LogP contribution in [0.25, 0.3) is 0 Å². The fraction of sp³-hybridized carbons (Fsp3) is 0.111. The number of para-hydroxylation sites is 1. The van der Waals surface area contributed by atoms with Crippen molar-refractivity contribution in [3.05, 3.63) is 82.8 Å². The van der Waals surface area contributed by atoms with E-state index >= 15 is 0 Å². The normalized spacial score (nSPS) is 11.1. The van der Waals surface area contributed by atoms with Gasteiger partial charge in [-0.15, -0.1) is 0 Å². The van der Waals surface area contributed by atoms with Crippen LogP contribution in [0.3, 0.4) is 0 Å². The highest BCUT2D eigenvalue weighted by Gasteiger charge is 2.23. The molecule has 0 unspecified atom stereocenters. The van der Waals surface area contributed by atoms with Crippen molar-refractivity contribution in [3.8, 4) is 0 Å². The van der Waals surface area contributed by atoms with Gasteiger partial charge in [-0.2, -0.15) is 0 Å². The molecule has 0 aliphatic heterocycles. The summed E-state index contributed by atoms with van der Waals surface area (Å²) in [5, 5.41) is 11.5. The number of nitro groups is 1. The summed E-state index contributed by atoms with van der Waals surface area (Å²) in [6, 6.07) is 15.6. The minimum atomic E-state index is -3.95. The first kappa shape index (κ1) is 18.5. The summed E-state index contributed by atoms with van der Waals surface area (Å²) in [6.45, 7) is 0.308. The van der Waals surface area contributed by atoms with Gasteiger partial charge in [0, 0.05) is 18.8 Å². The first-order valence-electron chi connectivity index (χ1n) is 7.96. The van der Waals surface area contributed by atoms with Gasteiger partial charge in [0.15, 0.2) is 0 Å². The second-order valence-corrected chi connectivity index (χ2v) is 7.50. The Bertz CT molecular complexity index is 1030. The van der Waals surface area contributed by atoms with Crippen LogP contribution in [0.5, 0.6) is 0 Å². The number of anilines is 2. The van der Waals surface area contributed by atoms with Gasteiger partial charge in [-0.05, 0) is 36.4 Å². The zero-order valence-electron chi connectivity index (χ0n) is 14.4. The Labute approximate surface area is 156 Å². The minimum absolute atomic E-state index is 0.187. The van der Waals surface area contributed by atoms with Gasteiger partial charge in [0.2, 0.25) is 0 Å². The number of hydrogen-bond donors (Lipinski definition) is 1. The van der Waals surface area contributed by atoms with Gasteiger partial charge in [-0.25, -0.2) is 8.42 Å². The van der Waals surface area contributed by atoms with Crippen molar-refractivity contribution in [3.63, 3.8) is 0 Å². The highest BCUT2D eigenvalue weighted by molar-refractivity contribution is 7.92. The third kappa shape index (κ3) is 4.26. The average molecular weight is 387 g/mol. The van der Waals surface area contributed by atoms with Crippen molar-refractivity contribution in [2.45, 2.75) is 11.4 Å². The molecule has 0 aliphatic carbocycles. The van der Waals surface area contributed by atoms with Crippen LogP contribution in [0.1, 0.15) is 5.76 Å². The maximum atomic E-state index is 12.6. The van der Waals surface area contributed by atoms with E-state index in [1.807, 2.05) is 0 Å². The molecule has 3 aromatic rings. The molecule has 2 aromatic carbocycles. The third-order valence-corrected chi connectivity index (χ3v) is 5.24. The van der Waals surface area contributed by atoms with Gasteiger partial charge in [0.05, 0.1) is 22.6 Å². The van der Waals surface area contributed by atoms with E-state index in [9.17, 15) is 18.5 Å². The fourth-order valence-electron chi connectivity index (χ4n) is 2.58. The molecule has 0 amide bonds. The van der Waals surface area contributed by atoms with Crippen molar-refractivity contribution in [1.29, 1.82) is 0 Å². The molecular formula is C18H17N3O5S. The van der Waals surface area contributed by atoms with Gasteiger partial charge in [-0.1, -0.05) is 18.2 Å². The Morgan fingerprint density at radius 3 is 2.48 bits per heavy atom. The van der Waals surface area contributed by atoms with Crippen molar-refractivity contribution >= 4 is 27.1 Å². The molecule has 0 saturated carbocycles. The zero-order valence-corrected chi connectivity index (χ0v) is 15.2. The molecular weight excluding hydrogens is 370 g/mol. The van der Waals surface area contributed by atoms with Crippen LogP contribution >= 0.6 is 0 Å². The number of benzene rings is 2. The molecule has 0 bridgehead atoms. The lowest BCUT2D eigenvalue weighted by molar-refractivity contribution is -0.384. The molecule has 0 saturated heterocycles. The first-order valence-corrected chi connectivity index (χ1v) is 9.45. The maximum Gasteiger partial charge on any atom is 0.293 e. The van der Waals surface area contributed by atoms with E-state index in [1.54, 1.807) is 54.4 Å². The molecule has 3 rings (SSSR count). The third-order valence-electron chi connectivity index (χ3n) is 3.86. The van der Waals surface area contributed by atoms with Crippen molar-refractivity contribution < 1.29 is 17.8 Å². The molecule has 0 spiro atoms. The Hall–Kier alpha value is -3.33. The number of nitrogens with zero attached hydrogens (tertiary/aromatic N) is 2. The summed E-state index contributed by atoms with van der Waals surface area (Å²) in [5.74, 6) is 0.634. The Morgan fingerprint density at radius 2 is 1.85 bits per heavy atom. The van der Waals surface area contributed by atoms with Crippen molar-refractivity contribution in [1.82, 2.24) is 0 Å². The summed E-state index contributed by atoms with van der Waals surface area (Å²) >= 11 is 0.